The topological polar surface area (TPSA) is 133 Å². The first kappa shape index (κ1) is 16.4. The molecule has 0 aromatic heterocycles. The zero-order valence-corrected chi connectivity index (χ0v) is 11.4. The summed E-state index contributed by atoms with van der Waals surface area (Å²) in [6.45, 7) is 2.11. The van der Waals surface area contributed by atoms with Crippen LogP contribution in [0.25, 0.3) is 0 Å². The lowest BCUT2D eigenvalue weighted by molar-refractivity contribution is -0.149. The SMILES string of the molecule is C[C@H](NC(CCN)C(=O)O)C(=O)N1CCC[C@H]1C(=O)O. The van der Waals surface area contributed by atoms with Crippen molar-refractivity contribution in [1.29, 1.82) is 0 Å². The molecule has 3 atom stereocenters. The van der Waals surface area contributed by atoms with Gasteiger partial charge in [-0.05, 0) is 32.7 Å². The fourth-order valence-corrected chi connectivity index (χ4v) is 2.35. The van der Waals surface area contributed by atoms with Crippen LogP contribution in [-0.4, -0.2) is 64.2 Å². The van der Waals surface area contributed by atoms with Crippen LogP contribution in [-0.2, 0) is 14.4 Å². The van der Waals surface area contributed by atoms with Crippen LogP contribution in [0.3, 0.4) is 0 Å². The molecule has 1 rings (SSSR count). The summed E-state index contributed by atoms with van der Waals surface area (Å²) in [6, 6.07) is -2.49. The Morgan fingerprint density at radius 1 is 1.40 bits per heavy atom. The van der Waals surface area contributed by atoms with Gasteiger partial charge in [-0.2, -0.15) is 0 Å². The normalized spacial score (nSPS) is 21.5. The summed E-state index contributed by atoms with van der Waals surface area (Å²) in [5.41, 5.74) is 5.33. The zero-order valence-electron chi connectivity index (χ0n) is 11.4. The van der Waals surface area contributed by atoms with Gasteiger partial charge in [-0.25, -0.2) is 4.79 Å². The maximum absolute atomic E-state index is 12.2. The fraction of sp³-hybridized carbons (Fsp3) is 0.750. The number of rotatable bonds is 7. The van der Waals surface area contributed by atoms with Crippen molar-refractivity contribution in [3.8, 4) is 0 Å². The largest absolute Gasteiger partial charge is 0.480 e. The third-order valence-corrected chi connectivity index (χ3v) is 3.40. The fourth-order valence-electron chi connectivity index (χ4n) is 2.35. The minimum Gasteiger partial charge on any atom is -0.480 e. The van der Waals surface area contributed by atoms with Gasteiger partial charge in [0.25, 0.3) is 0 Å². The lowest BCUT2D eigenvalue weighted by atomic mass is 10.1. The minimum atomic E-state index is -1.08. The van der Waals surface area contributed by atoms with Crippen molar-refractivity contribution in [2.45, 2.75) is 44.3 Å². The number of likely N-dealkylation sites (tertiary alicyclic amines) is 1. The first-order chi connectivity index (χ1) is 9.38. The smallest absolute Gasteiger partial charge is 0.326 e. The standard InChI is InChI=1S/C12H21N3O5/c1-7(14-8(4-5-13)11(17)18)10(16)15-6-2-3-9(15)12(19)20/h7-9,14H,2-6,13H2,1H3,(H,17,18)(H,19,20)/t7-,8?,9-/m0/s1. The number of aliphatic carboxylic acids is 2. The average Bonchev–Trinajstić information content (AvgIpc) is 2.86. The molecule has 0 bridgehead atoms. The first-order valence-corrected chi connectivity index (χ1v) is 6.60. The zero-order chi connectivity index (χ0) is 15.3. The molecule has 5 N–H and O–H groups in total. The van der Waals surface area contributed by atoms with E-state index in [1.807, 2.05) is 0 Å². The van der Waals surface area contributed by atoms with Crippen molar-refractivity contribution in [2.75, 3.05) is 13.1 Å². The van der Waals surface area contributed by atoms with Crippen LogP contribution >= 0.6 is 0 Å². The molecular weight excluding hydrogens is 266 g/mol. The van der Waals surface area contributed by atoms with Crippen LogP contribution in [0.15, 0.2) is 0 Å². The number of nitrogens with two attached hydrogens (primary N) is 1. The number of amides is 1. The highest BCUT2D eigenvalue weighted by molar-refractivity contribution is 5.88. The molecule has 0 aromatic rings. The number of carboxylic acid groups (broad SMARTS) is 2. The van der Waals surface area contributed by atoms with Gasteiger partial charge >= 0.3 is 11.9 Å². The van der Waals surface area contributed by atoms with E-state index in [-0.39, 0.29) is 13.0 Å². The summed E-state index contributed by atoms with van der Waals surface area (Å²) < 4.78 is 0. The van der Waals surface area contributed by atoms with E-state index in [4.69, 9.17) is 15.9 Å². The Morgan fingerprint density at radius 2 is 2.05 bits per heavy atom. The van der Waals surface area contributed by atoms with Crippen molar-refractivity contribution in [3.05, 3.63) is 0 Å². The lowest BCUT2D eigenvalue weighted by Crippen LogP contribution is -2.53. The molecule has 0 aromatic carbocycles. The van der Waals surface area contributed by atoms with Gasteiger partial charge in [0, 0.05) is 6.54 Å². The van der Waals surface area contributed by atoms with E-state index < -0.39 is 36.0 Å². The third kappa shape index (κ3) is 3.91. The van der Waals surface area contributed by atoms with Gasteiger partial charge in [-0.1, -0.05) is 0 Å². The van der Waals surface area contributed by atoms with E-state index in [0.29, 0.717) is 19.4 Å². The van der Waals surface area contributed by atoms with Gasteiger partial charge in [-0.15, -0.1) is 0 Å². The van der Waals surface area contributed by atoms with E-state index in [0.717, 1.165) is 0 Å². The second-order valence-corrected chi connectivity index (χ2v) is 4.88. The molecule has 1 aliphatic heterocycles. The molecule has 1 unspecified atom stereocenters. The van der Waals surface area contributed by atoms with E-state index in [2.05, 4.69) is 5.32 Å². The van der Waals surface area contributed by atoms with Crippen molar-refractivity contribution < 1.29 is 24.6 Å². The summed E-state index contributed by atoms with van der Waals surface area (Å²) in [5, 5.41) is 20.7. The van der Waals surface area contributed by atoms with Gasteiger partial charge in [0.1, 0.15) is 12.1 Å². The average molecular weight is 287 g/mol. The van der Waals surface area contributed by atoms with Crippen molar-refractivity contribution in [3.63, 3.8) is 0 Å². The highest BCUT2D eigenvalue weighted by Gasteiger charge is 2.36. The minimum absolute atomic E-state index is 0.187. The Morgan fingerprint density at radius 3 is 2.55 bits per heavy atom. The number of carbonyl (C=O) groups excluding carboxylic acids is 1. The maximum atomic E-state index is 12.2. The predicted octanol–water partition coefficient (Wildman–Crippen LogP) is -1.16. The quantitative estimate of drug-likeness (QED) is 0.464. The van der Waals surface area contributed by atoms with Crippen LogP contribution in [0.2, 0.25) is 0 Å². The van der Waals surface area contributed by atoms with Crippen molar-refractivity contribution in [1.82, 2.24) is 10.2 Å². The molecule has 0 aliphatic carbocycles. The Bertz CT molecular complexity index is 387. The molecule has 8 heteroatoms. The molecule has 1 amide bonds. The number of hydrogen-bond acceptors (Lipinski definition) is 5. The van der Waals surface area contributed by atoms with Gasteiger partial charge in [0.05, 0.1) is 6.04 Å². The van der Waals surface area contributed by atoms with E-state index in [1.54, 1.807) is 0 Å². The second-order valence-electron chi connectivity index (χ2n) is 4.88. The highest BCUT2D eigenvalue weighted by atomic mass is 16.4. The van der Waals surface area contributed by atoms with Crippen molar-refractivity contribution in [2.24, 2.45) is 5.73 Å². The molecule has 8 nitrogen and oxygen atoms in total. The molecule has 1 saturated heterocycles. The highest BCUT2D eigenvalue weighted by Crippen LogP contribution is 2.18. The molecule has 20 heavy (non-hydrogen) atoms. The molecule has 1 aliphatic rings. The second kappa shape index (κ2) is 7.20. The summed E-state index contributed by atoms with van der Waals surface area (Å²) in [6.07, 6.45) is 1.27. The van der Waals surface area contributed by atoms with Crippen LogP contribution in [0.5, 0.6) is 0 Å². The number of hydrogen-bond donors (Lipinski definition) is 4. The number of nitrogens with zero attached hydrogens (tertiary/aromatic N) is 1. The predicted molar refractivity (Wildman–Crippen MR) is 70.1 cm³/mol. The van der Waals surface area contributed by atoms with Gasteiger partial charge < -0.3 is 20.8 Å². The van der Waals surface area contributed by atoms with Gasteiger partial charge in [0.15, 0.2) is 0 Å². The van der Waals surface area contributed by atoms with E-state index >= 15 is 0 Å². The van der Waals surface area contributed by atoms with E-state index in [9.17, 15) is 14.4 Å². The molecule has 0 spiro atoms. The Labute approximate surface area is 116 Å². The summed E-state index contributed by atoms with van der Waals surface area (Å²) in [4.78, 5) is 35.5. The van der Waals surface area contributed by atoms with Crippen LogP contribution in [0, 0.1) is 0 Å². The molecule has 0 radical (unpaired) electrons. The molecule has 114 valence electrons. The number of carboxylic acids is 2. The molecule has 1 heterocycles. The van der Waals surface area contributed by atoms with Gasteiger partial charge in [-0.3, -0.25) is 14.9 Å². The van der Waals surface area contributed by atoms with Crippen LogP contribution < -0.4 is 11.1 Å². The van der Waals surface area contributed by atoms with Crippen LogP contribution in [0.4, 0.5) is 0 Å². The Kier molecular flexibility index (Phi) is 5.90. The Balaban J connectivity index is 2.66. The number of carbonyl (C=O) groups is 3. The third-order valence-electron chi connectivity index (χ3n) is 3.40. The summed E-state index contributed by atoms with van der Waals surface area (Å²) >= 11 is 0. The lowest BCUT2D eigenvalue weighted by Gasteiger charge is -2.27. The monoisotopic (exact) mass is 287 g/mol. The van der Waals surface area contributed by atoms with Gasteiger partial charge in [0.2, 0.25) is 5.91 Å². The summed E-state index contributed by atoms with van der Waals surface area (Å²) in [5.74, 6) is -2.50. The first-order valence-electron chi connectivity index (χ1n) is 6.60. The summed E-state index contributed by atoms with van der Waals surface area (Å²) in [7, 11) is 0. The Hall–Kier alpha value is -1.67. The van der Waals surface area contributed by atoms with Crippen molar-refractivity contribution >= 4 is 17.8 Å². The number of nitrogens with one attached hydrogen (secondary N) is 1. The van der Waals surface area contributed by atoms with E-state index in [1.165, 1.54) is 11.8 Å². The maximum Gasteiger partial charge on any atom is 0.326 e. The van der Waals surface area contributed by atoms with Crippen LogP contribution in [0.1, 0.15) is 26.2 Å². The molecule has 1 fully saturated rings. The molecular formula is C12H21N3O5. The molecule has 0 saturated carbocycles.